The summed E-state index contributed by atoms with van der Waals surface area (Å²) in [5, 5.41) is 0. The van der Waals surface area contributed by atoms with Gasteiger partial charge in [-0.2, -0.15) is 21.9 Å². The molecule has 0 aliphatic carbocycles. The SMILES string of the molecule is O=S(=O)(NCCn1c(C(F)(F)F)nc2cccnc21)c1cccc2nsnc12. The van der Waals surface area contributed by atoms with Crippen LogP contribution in [-0.4, -0.2) is 38.2 Å². The van der Waals surface area contributed by atoms with E-state index in [-0.39, 0.29) is 34.7 Å². The lowest BCUT2D eigenvalue weighted by Gasteiger charge is -2.12. The number of alkyl halides is 3. The van der Waals surface area contributed by atoms with Gasteiger partial charge in [0.05, 0.1) is 11.7 Å². The summed E-state index contributed by atoms with van der Waals surface area (Å²) in [6.07, 6.45) is -3.35. The molecule has 0 aliphatic rings. The lowest BCUT2D eigenvalue weighted by Crippen LogP contribution is -2.29. The Kier molecular flexibility index (Phi) is 4.51. The maximum Gasteiger partial charge on any atom is 0.449 e. The third-order valence-electron chi connectivity index (χ3n) is 3.92. The molecule has 0 aliphatic heterocycles. The van der Waals surface area contributed by atoms with Crippen LogP contribution in [-0.2, 0) is 22.7 Å². The van der Waals surface area contributed by atoms with Crippen molar-refractivity contribution in [3.8, 4) is 0 Å². The first-order valence-corrected chi connectivity index (χ1v) is 10.1. The molecular formula is C15H11F3N6O2S2. The third-order valence-corrected chi connectivity index (χ3v) is 5.96. The number of hydrogen-bond donors (Lipinski definition) is 1. The third kappa shape index (κ3) is 3.31. The van der Waals surface area contributed by atoms with Gasteiger partial charge < -0.3 is 4.57 Å². The van der Waals surface area contributed by atoms with Crippen LogP contribution in [0.2, 0.25) is 0 Å². The number of nitrogens with zero attached hydrogens (tertiary/aromatic N) is 5. The Morgan fingerprint density at radius 2 is 1.89 bits per heavy atom. The number of hydrogen-bond acceptors (Lipinski definition) is 7. The topological polar surface area (TPSA) is 103 Å². The highest BCUT2D eigenvalue weighted by Crippen LogP contribution is 2.30. The molecule has 0 atom stereocenters. The molecule has 3 aromatic heterocycles. The summed E-state index contributed by atoms with van der Waals surface area (Å²) in [5.41, 5.74) is 0.749. The molecule has 0 bridgehead atoms. The Hall–Kier alpha value is -2.64. The second-order valence-corrected chi connectivity index (χ2v) is 7.98. The number of halogens is 3. The van der Waals surface area contributed by atoms with Gasteiger partial charge in [-0.15, -0.1) is 0 Å². The predicted molar refractivity (Wildman–Crippen MR) is 95.1 cm³/mol. The van der Waals surface area contributed by atoms with Crippen LogP contribution in [0.5, 0.6) is 0 Å². The van der Waals surface area contributed by atoms with Crippen molar-refractivity contribution in [1.82, 2.24) is 28.0 Å². The zero-order chi connectivity index (χ0) is 19.9. The zero-order valence-electron chi connectivity index (χ0n) is 13.9. The molecule has 1 aromatic carbocycles. The van der Waals surface area contributed by atoms with Crippen LogP contribution in [0.15, 0.2) is 41.4 Å². The van der Waals surface area contributed by atoms with E-state index in [1.54, 1.807) is 6.07 Å². The Morgan fingerprint density at radius 1 is 1.11 bits per heavy atom. The van der Waals surface area contributed by atoms with E-state index in [4.69, 9.17) is 0 Å². The second kappa shape index (κ2) is 6.76. The number of sulfonamides is 1. The van der Waals surface area contributed by atoms with E-state index in [9.17, 15) is 21.6 Å². The number of nitrogens with one attached hydrogen (secondary N) is 1. The van der Waals surface area contributed by atoms with Crippen LogP contribution in [0.25, 0.3) is 22.2 Å². The van der Waals surface area contributed by atoms with E-state index in [0.717, 1.165) is 16.3 Å². The Bertz CT molecular complexity index is 1270. The monoisotopic (exact) mass is 428 g/mol. The minimum absolute atomic E-state index is 0.0276. The van der Waals surface area contributed by atoms with Crippen molar-refractivity contribution in [2.24, 2.45) is 0 Å². The van der Waals surface area contributed by atoms with Crippen LogP contribution in [0, 0.1) is 0 Å². The normalized spacial score (nSPS) is 12.8. The lowest BCUT2D eigenvalue weighted by molar-refractivity contribution is -0.146. The van der Waals surface area contributed by atoms with Gasteiger partial charge in [0.15, 0.2) is 5.65 Å². The maximum atomic E-state index is 13.3. The molecular weight excluding hydrogens is 417 g/mol. The molecule has 0 fully saturated rings. The number of rotatable bonds is 5. The number of fused-ring (bicyclic) bond motifs is 2. The van der Waals surface area contributed by atoms with Gasteiger partial charge in [0, 0.05) is 19.3 Å². The molecule has 13 heteroatoms. The van der Waals surface area contributed by atoms with Crippen LogP contribution >= 0.6 is 11.7 Å². The number of benzene rings is 1. The summed E-state index contributed by atoms with van der Waals surface area (Å²) >= 11 is 0.873. The number of aromatic nitrogens is 5. The van der Waals surface area contributed by atoms with E-state index in [1.807, 2.05) is 0 Å². The van der Waals surface area contributed by atoms with Crippen molar-refractivity contribution in [3.05, 3.63) is 42.4 Å². The highest BCUT2D eigenvalue weighted by atomic mass is 32.2. The van der Waals surface area contributed by atoms with Crippen molar-refractivity contribution in [1.29, 1.82) is 0 Å². The van der Waals surface area contributed by atoms with E-state index >= 15 is 0 Å². The average Bonchev–Trinajstić information content (AvgIpc) is 3.25. The summed E-state index contributed by atoms with van der Waals surface area (Å²) in [6, 6.07) is 7.39. The van der Waals surface area contributed by atoms with E-state index in [2.05, 4.69) is 23.4 Å². The summed E-state index contributed by atoms with van der Waals surface area (Å²) in [5.74, 6) is -1.13. The van der Waals surface area contributed by atoms with Gasteiger partial charge in [0.25, 0.3) is 0 Å². The van der Waals surface area contributed by atoms with Crippen molar-refractivity contribution in [2.75, 3.05) is 6.54 Å². The highest BCUT2D eigenvalue weighted by Gasteiger charge is 2.37. The fourth-order valence-electron chi connectivity index (χ4n) is 2.75. The van der Waals surface area contributed by atoms with Crippen LogP contribution in [0.1, 0.15) is 5.82 Å². The van der Waals surface area contributed by atoms with Crippen LogP contribution < -0.4 is 4.72 Å². The quantitative estimate of drug-likeness (QED) is 0.524. The van der Waals surface area contributed by atoms with Gasteiger partial charge >= 0.3 is 6.18 Å². The van der Waals surface area contributed by atoms with Crippen LogP contribution in [0.3, 0.4) is 0 Å². The summed E-state index contributed by atoms with van der Waals surface area (Å²) < 4.78 is 76.1. The minimum Gasteiger partial charge on any atom is -0.304 e. The summed E-state index contributed by atoms with van der Waals surface area (Å²) in [6.45, 7) is -0.589. The zero-order valence-corrected chi connectivity index (χ0v) is 15.5. The van der Waals surface area contributed by atoms with Crippen molar-refractivity contribution >= 4 is 43.9 Å². The van der Waals surface area contributed by atoms with Gasteiger partial charge in [-0.25, -0.2) is 23.1 Å². The molecule has 0 saturated heterocycles. The average molecular weight is 428 g/mol. The van der Waals surface area contributed by atoms with Crippen molar-refractivity contribution in [2.45, 2.75) is 17.6 Å². The van der Waals surface area contributed by atoms with E-state index in [1.165, 1.54) is 30.5 Å². The standard InChI is InChI=1S/C15H11F3N6O2S2/c16-15(17,18)14-21-10-4-2-6-19-13(10)24(14)8-7-20-28(25,26)11-5-1-3-9-12(11)23-27-22-9/h1-6,20H,7-8H2. The molecule has 0 radical (unpaired) electrons. The molecule has 0 spiro atoms. The van der Waals surface area contributed by atoms with Crippen molar-refractivity contribution < 1.29 is 21.6 Å². The molecule has 4 aromatic rings. The van der Waals surface area contributed by atoms with Gasteiger partial charge in [-0.05, 0) is 24.3 Å². The molecule has 8 nitrogen and oxygen atoms in total. The molecule has 0 saturated carbocycles. The minimum atomic E-state index is -4.70. The number of pyridine rings is 1. The van der Waals surface area contributed by atoms with Gasteiger partial charge in [-0.1, -0.05) is 6.07 Å². The molecule has 28 heavy (non-hydrogen) atoms. The molecule has 146 valence electrons. The summed E-state index contributed by atoms with van der Waals surface area (Å²) in [7, 11) is -3.99. The fraction of sp³-hybridized carbons (Fsp3) is 0.200. The predicted octanol–water partition coefficient (Wildman–Crippen LogP) is 2.43. The van der Waals surface area contributed by atoms with Gasteiger partial charge in [0.2, 0.25) is 15.8 Å². The van der Waals surface area contributed by atoms with Crippen molar-refractivity contribution in [3.63, 3.8) is 0 Å². The molecule has 4 rings (SSSR count). The molecule has 0 unspecified atom stereocenters. The molecule has 1 N–H and O–H groups in total. The largest absolute Gasteiger partial charge is 0.449 e. The highest BCUT2D eigenvalue weighted by molar-refractivity contribution is 7.89. The smallest absolute Gasteiger partial charge is 0.304 e. The van der Waals surface area contributed by atoms with Gasteiger partial charge in [-0.3, -0.25) is 0 Å². The Morgan fingerprint density at radius 3 is 2.68 bits per heavy atom. The first-order valence-electron chi connectivity index (χ1n) is 7.87. The van der Waals surface area contributed by atoms with Gasteiger partial charge in [0.1, 0.15) is 21.4 Å². The first-order chi connectivity index (χ1) is 13.3. The molecule has 0 amide bonds. The van der Waals surface area contributed by atoms with E-state index in [0.29, 0.717) is 5.52 Å². The molecule has 3 heterocycles. The first kappa shape index (κ1) is 18.7. The lowest BCUT2D eigenvalue weighted by atomic mass is 10.3. The summed E-state index contributed by atoms with van der Waals surface area (Å²) in [4.78, 5) is 7.42. The number of imidazole rings is 1. The van der Waals surface area contributed by atoms with Crippen LogP contribution in [0.4, 0.5) is 13.2 Å². The van der Waals surface area contributed by atoms with E-state index < -0.39 is 22.0 Å². The Labute approximate surface area is 160 Å². The fourth-order valence-corrected chi connectivity index (χ4v) is 4.54. The Balaban J connectivity index is 1.61. The second-order valence-electron chi connectivity index (χ2n) is 5.72. The maximum absolute atomic E-state index is 13.3.